The number of aromatic nitrogens is 2. The maximum absolute atomic E-state index is 12.7. The van der Waals surface area contributed by atoms with Crippen molar-refractivity contribution >= 4 is 39.6 Å². The quantitative estimate of drug-likeness (QED) is 0.454. The maximum atomic E-state index is 12.7. The highest BCUT2D eigenvalue weighted by atomic mass is 32.1. The van der Waals surface area contributed by atoms with Gasteiger partial charge in [0, 0.05) is 22.7 Å². The second-order valence-corrected chi connectivity index (χ2v) is 8.48. The molecular formula is C21H18N4O3S2. The van der Waals surface area contributed by atoms with Gasteiger partial charge in [-0.1, -0.05) is 18.2 Å². The van der Waals surface area contributed by atoms with E-state index in [-0.39, 0.29) is 17.5 Å². The second-order valence-electron chi connectivity index (χ2n) is 6.46. The fourth-order valence-corrected chi connectivity index (χ4v) is 4.42. The molecule has 152 valence electrons. The molecule has 4 rings (SSSR count). The molecule has 30 heavy (non-hydrogen) atoms. The summed E-state index contributed by atoms with van der Waals surface area (Å²) in [7, 11) is 0. The number of hydrogen-bond acceptors (Lipinski definition) is 7. The zero-order valence-electron chi connectivity index (χ0n) is 16.3. The summed E-state index contributed by atoms with van der Waals surface area (Å²) in [5, 5.41) is 7.94. The number of nitrogens with zero attached hydrogens (tertiary/aromatic N) is 2. The van der Waals surface area contributed by atoms with Crippen molar-refractivity contribution in [1.29, 1.82) is 0 Å². The summed E-state index contributed by atoms with van der Waals surface area (Å²) in [4.78, 5) is 34.6. The summed E-state index contributed by atoms with van der Waals surface area (Å²) in [6.45, 7) is 3.69. The van der Waals surface area contributed by atoms with Crippen LogP contribution in [0.4, 0.5) is 5.13 Å². The molecule has 0 saturated heterocycles. The Hall–Kier alpha value is -3.30. The van der Waals surface area contributed by atoms with Gasteiger partial charge >= 0.3 is 0 Å². The average Bonchev–Trinajstić information content (AvgIpc) is 3.46. The first-order chi connectivity index (χ1) is 14.5. The van der Waals surface area contributed by atoms with Gasteiger partial charge in [0.15, 0.2) is 10.8 Å². The Morgan fingerprint density at radius 3 is 2.67 bits per heavy atom. The van der Waals surface area contributed by atoms with Crippen LogP contribution in [0.25, 0.3) is 22.0 Å². The zero-order valence-corrected chi connectivity index (χ0v) is 17.9. The van der Waals surface area contributed by atoms with Crippen LogP contribution in [0, 0.1) is 6.92 Å². The Balaban J connectivity index is 1.46. The number of rotatable bonds is 6. The SMILES string of the molecule is CC(=O)NCc1ccc(-c2csc(NC(=O)c3nc(-c4ccccc4)oc3C)n2)s1. The van der Waals surface area contributed by atoms with E-state index in [0.717, 1.165) is 21.0 Å². The van der Waals surface area contributed by atoms with Crippen molar-refractivity contribution in [1.82, 2.24) is 15.3 Å². The number of carbonyl (C=O) groups is 2. The summed E-state index contributed by atoms with van der Waals surface area (Å²) in [5.41, 5.74) is 1.82. The molecule has 7 nitrogen and oxygen atoms in total. The molecule has 0 aliphatic heterocycles. The smallest absolute Gasteiger partial charge is 0.279 e. The normalized spacial score (nSPS) is 10.7. The standard InChI is InChI=1S/C21H18N4O3S2/c1-12-18(24-20(28-12)14-6-4-3-5-7-14)19(27)25-21-23-16(11-29-21)17-9-8-15(30-17)10-22-13(2)26/h3-9,11H,10H2,1-2H3,(H,22,26)(H,23,25,27). The van der Waals surface area contributed by atoms with E-state index >= 15 is 0 Å². The highest BCUT2D eigenvalue weighted by molar-refractivity contribution is 7.17. The molecule has 0 unspecified atom stereocenters. The lowest BCUT2D eigenvalue weighted by Crippen LogP contribution is -2.17. The molecule has 3 aromatic heterocycles. The van der Waals surface area contributed by atoms with Crippen LogP contribution < -0.4 is 10.6 Å². The fourth-order valence-electron chi connectivity index (χ4n) is 2.73. The van der Waals surface area contributed by atoms with Crippen molar-refractivity contribution in [2.45, 2.75) is 20.4 Å². The topological polar surface area (TPSA) is 97.1 Å². The third-order valence-corrected chi connectivity index (χ3v) is 6.05. The van der Waals surface area contributed by atoms with Gasteiger partial charge in [0.1, 0.15) is 5.76 Å². The van der Waals surface area contributed by atoms with Crippen molar-refractivity contribution < 1.29 is 14.0 Å². The Labute approximate surface area is 180 Å². The Kier molecular flexibility index (Phi) is 5.73. The lowest BCUT2D eigenvalue weighted by atomic mass is 10.2. The number of nitrogens with one attached hydrogen (secondary N) is 2. The fraction of sp³-hybridized carbons (Fsp3) is 0.143. The molecule has 2 N–H and O–H groups in total. The second kappa shape index (κ2) is 8.60. The van der Waals surface area contributed by atoms with Gasteiger partial charge < -0.3 is 9.73 Å². The first-order valence-corrected chi connectivity index (χ1v) is 10.8. The number of aryl methyl sites for hydroxylation is 1. The number of oxazole rings is 1. The molecule has 0 aliphatic carbocycles. The molecule has 0 spiro atoms. The van der Waals surface area contributed by atoms with Crippen LogP contribution in [0.15, 0.2) is 52.3 Å². The number of benzene rings is 1. The van der Waals surface area contributed by atoms with E-state index in [1.165, 1.54) is 18.3 Å². The molecule has 0 atom stereocenters. The molecule has 0 aliphatic rings. The predicted molar refractivity (Wildman–Crippen MR) is 118 cm³/mol. The van der Waals surface area contributed by atoms with Gasteiger partial charge in [-0.15, -0.1) is 22.7 Å². The van der Waals surface area contributed by atoms with Crippen molar-refractivity contribution in [3.63, 3.8) is 0 Å². The molecular weight excluding hydrogens is 420 g/mol. The summed E-state index contributed by atoms with van der Waals surface area (Å²) in [6.07, 6.45) is 0. The summed E-state index contributed by atoms with van der Waals surface area (Å²) in [6, 6.07) is 13.3. The average molecular weight is 439 g/mol. The Bertz CT molecular complexity index is 1190. The molecule has 3 heterocycles. The van der Waals surface area contributed by atoms with Gasteiger partial charge in [-0.3, -0.25) is 14.9 Å². The number of amides is 2. The van der Waals surface area contributed by atoms with E-state index in [9.17, 15) is 9.59 Å². The molecule has 9 heteroatoms. The van der Waals surface area contributed by atoms with Crippen LogP contribution in [0.2, 0.25) is 0 Å². The van der Waals surface area contributed by atoms with E-state index in [1.54, 1.807) is 18.3 Å². The van der Waals surface area contributed by atoms with Crippen LogP contribution in [0.5, 0.6) is 0 Å². The lowest BCUT2D eigenvalue weighted by Gasteiger charge is -1.98. The number of thiazole rings is 1. The van der Waals surface area contributed by atoms with E-state index in [2.05, 4.69) is 20.6 Å². The minimum atomic E-state index is -0.364. The highest BCUT2D eigenvalue weighted by Crippen LogP contribution is 2.31. The van der Waals surface area contributed by atoms with Crippen molar-refractivity contribution in [2.24, 2.45) is 0 Å². The monoisotopic (exact) mass is 438 g/mol. The minimum Gasteiger partial charge on any atom is -0.441 e. The molecule has 0 radical (unpaired) electrons. The predicted octanol–water partition coefficient (Wildman–Crippen LogP) is 4.72. The maximum Gasteiger partial charge on any atom is 0.279 e. The largest absolute Gasteiger partial charge is 0.441 e. The molecule has 0 fully saturated rings. The summed E-state index contributed by atoms with van der Waals surface area (Å²) < 4.78 is 5.66. The molecule has 0 bridgehead atoms. The van der Waals surface area contributed by atoms with E-state index < -0.39 is 0 Å². The number of anilines is 1. The number of carbonyl (C=O) groups excluding carboxylic acids is 2. The van der Waals surface area contributed by atoms with Gasteiger partial charge in [0.05, 0.1) is 17.1 Å². The van der Waals surface area contributed by atoms with Crippen molar-refractivity contribution in [3.8, 4) is 22.0 Å². The van der Waals surface area contributed by atoms with Gasteiger partial charge in [-0.05, 0) is 31.2 Å². The Morgan fingerprint density at radius 1 is 1.10 bits per heavy atom. The molecule has 2 amide bonds. The summed E-state index contributed by atoms with van der Waals surface area (Å²) >= 11 is 2.89. The van der Waals surface area contributed by atoms with E-state index in [0.29, 0.717) is 23.3 Å². The van der Waals surface area contributed by atoms with Crippen LogP contribution in [0.1, 0.15) is 28.0 Å². The highest BCUT2D eigenvalue weighted by Gasteiger charge is 2.19. The van der Waals surface area contributed by atoms with Crippen molar-refractivity contribution in [3.05, 3.63) is 64.2 Å². The third kappa shape index (κ3) is 4.47. The summed E-state index contributed by atoms with van der Waals surface area (Å²) in [5.74, 6) is 0.423. The van der Waals surface area contributed by atoms with E-state index in [4.69, 9.17) is 4.42 Å². The van der Waals surface area contributed by atoms with Crippen LogP contribution in [0.3, 0.4) is 0 Å². The van der Waals surface area contributed by atoms with Crippen LogP contribution in [-0.2, 0) is 11.3 Å². The molecule has 4 aromatic rings. The van der Waals surface area contributed by atoms with Crippen LogP contribution >= 0.6 is 22.7 Å². The Morgan fingerprint density at radius 2 is 1.90 bits per heavy atom. The van der Waals surface area contributed by atoms with E-state index in [1.807, 2.05) is 47.8 Å². The van der Waals surface area contributed by atoms with Gasteiger partial charge in [0.2, 0.25) is 11.8 Å². The zero-order chi connectivity index (χ0) is 21.1. The first kappa shape index (κ1) is 20.0. The number of hydrogen-bond donors (Lipinski definition) is 2. The van der Waals surface area contributed by atoms with Gasteiger partial charge in [-0.2, -0.15) is 0 Å². The van der Waals surface area contributed by atoms with Crippen LogP contribution in [-0.4, -0.2) is 21.8 Å². The number of thiophene rings is 1. The van der Waals surface area contributed by atoms with Crippen molar-refractivity contribution in [2.75, 3.05) is 5.32 Å². The third-order valence-electron chi connectivity index (χ3n) is 4.18. The lowest BCUT2D eigenvalue weighted by molar-refractivity contribution is -0.119. The first-order valence-electron chi connectivity index (χ1n) is 9.13. The molecule has 0 saturated carbocycles. The molecule has 1 aromatic carbocycles. The minimum absolute atomic E-state index is 0.0674. The van der Waals surface area contributed by atoms with Gasteiger partial charge in [0.25, 0.3) is 5.91 Å². The van der Waals surface area contributed by atoms with Gasteiger partial charge in [-0.25, -0.2) is 9.97 Å².